The Morgan fingerprint density at radius 3 is 2.36 bits per heavy atom. The van der Waals surface area contributed by atoms with E-state index in [-0.39, 0.29) is 42.6 Å². The van der Waals surface area contributed by atoms with E-state index in [4.69, 9.17) is 11.6 Å². The maximum atomic E-state index is 14.6. The molecule has 0 aliphatic carbocycles. The van der Waals surface area contributed by atoms with Crippen molar-refractivity contribution in [2.24, 2.45) is 0 Å². The lowest BCUT2D eigenvalue weighted by molar-refractivity contribution is -0.137. The van der Waals surface area contributed by atoms with Crippen molar-refractivity contribution in [1.82, 2.24) is 4.90 Å². The molecule has 2 N–H and O–H groups in total. The topological polar surface area (TPSA) is 84.3 Å². The second-order valence-corrected chi connectivity index (χ2v) is 13.6. The van der Waals surface area contributed by atoms with E-state index in [2.05, 4.69) is 0 Å². The number of sulfonamides is 1. The van der Waals surface area contributed by atoms with Gasteiger partial charge >= 0.3 is 6.18 Å². The van der Waals surface area contributed by atoms with Gasteiger partial charge in [0.15, 0.2) is 0 Å². The van der Waals surface area contributed by atoms with Crippen LogP contribution in [0.3, 0.4) is 0 Å². The third-order valence-electron chi connectivity index (χ3n) is 8.37. The highest BCUT2D eigenvalue weighted by atomic mass is 35.5. The molecular weight excluding hydrogens is 622 g/mol. The van der Waals surface area contributed by atoms with Crippen molar-refractivity contribution >= 4 is 44.6 Å². The molecule has 13 heteroatoms. The molecule has 2 aliphatic rings. The van der Waals surface area contributed by atoms with Gasteiger partial charge in [-0.1, -0.05) is 35.9 Å². The molecule has 1 saturated heterocycles. The van der Waals surface area contributed by atoms with E-state index in [0.717, 1.165) is 22.5 Å². The van der Waals surface area contributed by atoms with Crippen molar-refractivity contribution in [3.05, 3.63) is 88.2 Å². The minimum Gasteiger partial charge on any atom is -0.394 e. The maximum Gasteiger partial charge on any atom is 0.416 e. The number of nitrogens with zero attached hydrogens (tertiary/aromatic N) is 3. The lowest BCUT2D eigenvalue weighted by Crippen LogP contribution is -2.66. The number of piperazine rings is 1. The molecule has 2 heterocycles. The molecule has 0 saturated carbocycles. The second kappa shape index (κ2) is 12.0. The first-order valence-corrected chi connectivity index (χ1v) is 15.7. The smallest absolute Gasteiger partial charge is 0.394 e. The number of allylic oxidation sites excluding steroid dienone is 1. The van der Waals surface area contributed by atoms with Crippen molar-refractivity contribution in [1.29, 1.82) is 0 Å². The zero-order chi connectivity index (χ0) is 32.0. The van der Waals surface area contributed by atoms with E-state index < -0.39 is 44.1 Å². The first-order valence-electron chi connectivity index (χ1n) is 13.9. The Hall–Kier alpha value is -3.16. The number of rotatable bonds is 7. The average Bonchev–Trinajstić information content (AvgIpc) is 2.99. The summed E-state index contributed by atoms with van der Waals surface area (Å²) < 4.78 is 84.6. The first kappa shape index (κ1) is 32.2. The Kier molecular flexibility index (Phi) is 8.78. The number of hydrogen-bond donors (Lipinski definition) is 2. The van der Waals surface area contributed by atoms with Gasteiger partial charge in [0.1, 0.15) is 5.82 Å². The normalized spacial score (nSPS) is 18.3. The van der Waals surface area contributed by atoms with Crippen molar-refractivity contribution in [2.45, 2.75) is 36.5 Å². The minimum absolute atomic E-state index is 0.0969. The molecule has 236 valence electrons. The quantitative estimate of drug-likeness (QED) is 0.259. The summed E-state index contributed by atoms with van der Waals surface area (Å²) >= 11 is 6.25. The van der Waals surface area contributed by atoms with Gasteiger partial charge in [-0.05, 0) is 67.4 Å². The molecular formula is C31H32ClF4N3O4S. The van der Waals surface area contributed by atoms with Crippen molar-refractivity contribution in [3.63, 3.8) is 0 Å². The van der Waals surface area contributed by atoms with Crippen LogP contribution in [0.2, 0.25) is 5.02 Å². The fourth-order valence-corrected chi connectivity index (χ4v) is 7.68. The van der Waals surface area contributed by atoms with Crippen LogP contribution in [0.4, 0.5) is 28.9 Å². The van der Waals surface area contributed by atoms with Crippen LogP contribution in [0.15, 0.2) is 65.6 Å². The molecule has 7 nitrogen and oxygen atoms in total. The van der Waals surface area contributed by atoms with Gasteiger partial charge in [-0.25, -0.2) is 12.8 Å². The van der Waals surface area contributed by atoms with E-state index in [0.29, 0.717) is 36.0 Å². The van der Waals surface area contributed by atoms with Crippen LogP contribution < -0.4 is 9.21 Å². The molecule has 0 amide bonds. The molecule has 0 unspecified atom stereocenters. The first-order chi connectivity index (χ1) is 20.7. The Morgan fingerprint density at radius 1 is 1.00 bits per heavy atom. The number of benzene rings is 3. The number of aliphatic hydroxyl groups is 2. The predicted octanol–water partition coefficient (Wildman–Crippen LogP) is 5.50. The van der Waals surface area contributed by atoms with Gasteiger partial charge < -0.3 is 15.1 Å². The fourth-order valence-electron chi connectivity index (χ4n) is 5.82. The Balaban J connectivity index is 1.62. The molecule has 2 aliphatic heterocycles. The monoisotopic (exact) mass is 653 g/mol. The Morgan fingerprint density at radius 2 is 1.70 bits per heavy atom. The largest absolute Gasteiger partial charge is 0.416 e. The van der Waals surface area contributed by atoms with Crippen LogP contribution in [0.5, 0.6) is 0 Å². The highest BCUT2D eigenvalue weighted by Crippen LogP contribution is 2.42. The van der Waals surface area contributed by atoms with Crippen LogP contribution in [-0.4, -0.2) is 74.5 Å². The Bertz CT molecular complexity index is 1680. The van der Waals surface area contributed by atoms with Crippen LogP contribution in [0, 0.1) is 5.82 Å². The second-order valence-electron chi connectivity index (χ2n) is 11.3. The summed E-state index contributed by atoms with van der Waals surface area (Å²) in [5, 5.41) is 20.2. The molecule has 5 rings (SSSR count). The molecule has 1 fully saturated rings. The summed E-state index contributed by atoms with van der Waals surface area (Å²) in [7, 11) is -4.50. The molecule has 44 heavy (non-hydrogen) atoms. The number of anilines is 2. The number of fused-ring (bicyclic) bond motifs is 3. The fraction of sp³-hybridized carbons (Fsp3) is 0.355. The van der Waals surface area contributed by atoms with Gasteiger partial charge in [0.05, 0.1) is 58.2 Å². The predicted molar refractivity (Wildman–Crippen MR) is 163 cm³/mol. The zero-order valence-corrected chi connectivity index (χ0v) is 25.6. The van der Waals surface area contributed by atoms with Crippen LogP contribution in [0.25, 0.3) is 11.6 Å². The maximum absolute atomic E-state index is 14.6. The summed E-state index contributed by atoms with van der Waals surface area (Å²) in [6.45, 7) is 3.86. The third kappa shape index (κ3) is 5.93. The summed E-state index contributed by atoms with van der Waals surface area (Å²) in [5.41, 5.74) is 0.0247. The number of halogens is 5. The summed E-state index contributed by atoms with van der Waals surface area (Å²) in [6.07, 6.45) is -3.08. The van der Waals surface area contributed by atoms with Gasteiger partial charge in [0.25, 0.3) is 10.0 Å². The molecule has 0 bridgehead atoms. The molecule has 0 radical (unpaired) electrons. The summed E-state index contributed by atoms with van der Waals surface area (Å²) in [5.74, 6) is -0.517. The van der Waals surface area contributed by atoms with Gasteiger partial charge in [-0.2, -0.15) is 13.2 Å². The summed E-state index contributed by atoms with van der Waals surface area (Å²) in [4.78, 5) is 3.42. The van der Waals surface area contributed by atoms with Gasteiger partial charge in [0.2, 0.25) is 0 Å². The van der Waals surface area contributed by atoms with E-state index in [1.807, 2.05) is 9.80 Å². The highest BCUT2D eigenvalue weighted by molar-refractivity contribution is 7.92. The van der Waals surface area contributed by atoms with E-state index in [9.17, 15) is 36.2 Å². The van der Waals surface area contributed by atoms with E-state index in [1.165, 1.54) is 12.1 Å². The van der Waals surface area contributed by atoms with Crippen LogP contribution in [-0.2, 0) is 16.2 Å². The third-order valence-corrected chi connectivity index (χ3v) is 10.5. The number of alkyl halides is 3. The molecule has 3 aromatic carbocycles. The van der Waals surface area contributed by atoms with Crippen molar-refractivity contribution in [3.8, 4) is 0 Å². The van der Waals surface area contributed by atoms with E-state index in [1.54, 1.807) is 44.2 Å². The van der Waals surface area contributed by atoms with E-state index >= 15 is 0 Å². The lowest BCUT2D eigenvalue weighted by atomic mass is 9.96. The van der Waals surface area contributed by atoms with Crippen LogP contribution >= 0.6 is 11.6 Å². The number of hydrogen-bond acceptors (Lipinski definition) is 6. The number of aliphatic hydroxyl groups excluding tert-OH is 2. The SMILES string of the molecule is C/C(=C\c1ccc2c(c1)N(S(=O)(=O)c1cccc(C(F)(F)F)c1)C[C@@H]1CN(C(C)(CO)CO)CCN21)c1c(F)cccc1Cl. The van der Waals surface area contributed by atoms with Gasteiger partial charge in [-0.3, -0.25) is 9.21 Å². The molecule has 1 atom stereocenters. The Labute approximate surface area is 258 Å². The molecule has 3 aromatic rings. The van der Waals surface area contributed by atoms with Crippen molar-refractivity contribution in [2.75, 3.05) is 48.6 Å². The standard InChI is InChI=1S/C31H32ClF4N3O4S/c1-20(29-25(32)7-4-8-26(29)33)13-21-9-10-27-28(14-21)39(44(42,43)24-6-3-5-22(15-24)31(34,35)36)17-23-16-37(11-12-38(23)27)30(2,18-40)19-41/h3-10,13-15,23,40-41H,11-12,16-19H2,1-2H3/b20-13+/t23-/m0/s1. The summed E-state index contributed by atoms with van der Waals surface area (Å²) in [6, 6.07) is 12.6. The lowest BCUT2D eigenvalue weighted by Gasteiger charge is -2.52. The molecule has 0 aromatic heterocycles. The highest BCUT2D eigenvalue weighted by Gasteiger charge is 2.44. The molecule has 0 spiro atoms. The van der Waals surface area contributed by atoms with Crippen LogP contribution in [0.1, 0.15) is 30.5 Å². The minimum atomic E-state index is -4.74. The van der Waals surface area contributed by atoms with Crippen molar-refractivity contribution < 1.29 is 36.2 Å². The van der Waals surface area contributed by atoms with Gasteiger partial charge in [0, 0.05) is 25.2 Å². The average molecular weight is 654 g/mol. The van der Waals surface area contributed by atoms with Gasteiger partial charge in [-0.15, -0.1) is 0 Å². The zero-order valence-electron chi connectivity index (χ0n) is 24.0.